The molecule has 86 valence electrons. The molecule has 0 saturated carbocycles. The lowest BCUT2D eigenvalue weighted by Crippen LogP contribution is -2.57. The number of hydrogen-bond acceptors (Lipinski definition) is 5. The van der Waals surface area contributed by atoms with Crippen molar-refractivity contribution < 1.29 is 4.79 Å². The Kier molecular flexibility index (Phi) is 3.00. The fraction of sp³-hybridized carbons (Fsp3) is 0.500. The van der Waals surface area contributed by atoms with Gasteiger partial charge in [0.1, 0.15) is 6.04 Å². The van der Waals surface area contributed by atoms with Gasteiger partial charge in [-0.3, -0.25) is 9.69 Å². The Labute approximate surface area is 94.1 Å². The van der Waals surface area contributed by atoms with Gasteiger partial charge in [-0.15, -0.1) is 0 Å². The molecular formula is C10H15N5O. The maximum Gasteiger partial charge on any atom is 0.236 e. The SMILES string of the molecule is CN1CCN(c2ncccn2)C[C@H]1C(N)=O. The van der Waals surface area contributed by atoms with E-state index in [1.54, 1.807) is 18.5 Å². The zero-order valence-electron chi connectivity index (χ0n) is 9.21. The first-order valence-corrected chi connectivity index (χ1v) is 5.20. The molecule has 1 amide bonds. The fourth-order valence-corrected chi connectivity index (χ4v) is 1.82. The quantitative estimate of drug-likeness (QED) is 0.699. The van der Waals surface area contributed by atoms with Crippen molar-refractivity contribution in [2.45, 2.75) is 6.04 Å². The van der Waals surface area contributed by atoms with Gasteiger partial charge in [0.05, 0.1) is 0 Å². The van der Waals surface area contributed by atoms with Crippen LogP contribution in [0, 0.1) is 0 Å². The lowest BCUT2D eigenvalue weighted by Gasteiger charge is -2.37. The standard InChI is InChI=1S/C10H15N5O/c1-14-5-6-15(7-8(14)9(11)16)10-12-3-2-4-13-10/h2-4,8H,5-7H2,1H3,(H2,11,16)/t8-/m0/s1. The third-order valence-corrected chi connectivity index (χ3v) is 2.81. The zero-order chi connectivity index (χ0) is 11.5. The summed E-state index contributed by atoms with van der Waals surface area (Å²) in [6.45, 7) is 2.14. The van der Waals surface area contributed by atoms with Crippen LogP contribution >= 0.6 is 0 Å². The Hall–Kier alpha value is -1.69. The third kappa shape index (κ3) is 2.11. The number of carbonyl (C=O) groups excluding carboxylic acids is 1. The number of rotatable bonds is 2. The van der Waals surface area contributed by atoms with E-state index in [0.717, 1.165) is 13.1 Å². The van der Waals surface area contributed by atoms with Crippen molar-refractivity contribution in [1.29, 1.82) is 0 Å². The average Bonchev–Trinajstić information content (AvgIpc) is 2.30. The molecule has 6 nitrogen and oxygen atoms in total. The molecule has 0 aliphatic carbocycles. The summed E-state index contributed by atoms with van der Waals surface area (Å²) in [5, 5.41) is 0. The van der Waals surface area contributed by atoms with Crippen LogP contribution in [0.2, 0.25) is 0 Å². The number of nitrogens with zero attached hydrogens (tertiary/aromatic N) is 4. The van der Waals surface area contributed by atoms with Gasteiger partial charge in [0.2, 0.25) is 11.9 Å². The number of anilines is 1. The molecule has 1 aliphatic heterocycles. The van der Waals surface area contributed by atoms with Crippen LogP contribution in [-0.4, -0.2) is 53.5 Å². The average molecular weight is 221 g/mol. The lowest BCUT2D eigenvalue weighted by atomic mass is 10.2. The van der Waals surface area contributed by atoms with Crippen molar-refractivity contribution in [3.8, 4) is 0 Å². The number of hydrogen-bond donors (Lipinski definition) is 1. The normalized spacial score (nSPS) is 22.1. The summed E-state index contributed by atoms with van der Waals surface area (Å²) >= 11 is 0. The number of aromatic nitrogens is 2. The van der Waals surface area contributed by atoms with Crippen molar-refractivity contribution >= 4 is 11.9 Å². The van der Waals surface area contributed by atoms with E-state index in [2.05, 4.69) is 9.97 Å². The molecule has 1 aromatic rings. The van der Waals surface area contributed by atoms with Crippen molar-refractivity contribution in [3.63, 3.8) is 0 Å². The number of piperazine rings is 1. The van der Waals surface area contributed by atoms with Gasteiger partial charge in [-0.1, -0.05) is 0 Å². The molecule has 0 aromatic carbocycles. The topological polar surface area (TPSA) is 75.3 Å². The predicted molar refractivity (Wildman–Crippen MR) is 59.9 cm³/mol. The highest BCUT2D eigenvalue weighted by Crippen LogP contribution is 2.12. The Bertz CT molecular complexity index is 369. The molecule has 6 heteroatoms. The molecule has 16 heavy (non-hydrogen) atoms. The van der Waals surface area contributed by atoms with E-state index < -0.39 is 0 Å². The van der Waals surface area contributed by atoms with E-state index in [0.29, 0.717) is 12.5 Å². The van der Waals surface area contributed by atoms with Gasteiger partial charge in [-0.25, -0.2) is 9.97 Å². The van der Waals surface area contributed by atoms with E-state index in [9.17, 15) is 4.79 Å². The van der Waals surface area contributed by atoms with Crippen LogP contribution in [0.1, 0.15) is 0 Å². The Morgan fingerprint density at radius 1 is 1.44 bits per heavy atom. The molecule has 2 rings (SSSR count). The Morgan fingerprint density at radius 2 is 2.12 bits per heavy atom. The first kappa shape index (κ1) is 10.8. The van der Waals surface area contributed by atoms with Crippen LogP contribution in [0.3, 0.4) is 0 Å². The molecule has 1 fully saturated rings. The summed E-state index contributed by atoms with van der Waals surface area (Å²) in [6.07, 6.45) is 3.39. The zero-order valence-corrected chi connectivity index (χ0v) is 9.21. The molecule has 2 N–H and O–H groups in total. The van der Waals surface area contributed by atoms with Gasteiger partial charge in [0, 0.05) is 32.0 Å². The number of carbonyl (C=O) groups is 1. The molecule has 0 spiro atoms. The second-order valence-corrected chi connectivity index (χ2v) is 3.89. The Balaban J connectivity index is 2.12. The minimum Gasteiger partial charge on any atom is -0.368 e. The molecule has 0 radical (unpaired) electrons. The highest BCUT2D eigenvalue weighted by atomic mass is 16.1. The number of primary amides is 1. The summed E-state index contributed by atoms with van der Waals surface area (Å²) in [7, 11) is 1.90. The number of likely N-dealkylation sites (N-methyl/N-ethyl adjacent to an activating group) is 1. The predicted octanol–water partition coefficient (Wildman–Crippen LogP) is -0.918. The highest BCUT2D eigenvalue weighted by Gasteiger charge is 2.29. The van der Waals surface area contributed by atoms with Crippen LogP contribution in [0.25, 0.3) is 0 Å². The van der Waals surface area contributed by atoms with Crippen molar-refractivity contribution in [3.05, 3.63) is 18.5 Å². The smallest absolute Gasteiger partial charge is 0.236 e. The van der Waals surface area contributed by atoms with E-state index in [1.165, 1.54) is 0 Å². The number of amides is 1. The van der Waals surface area contributed by atoms with Crippen molar-refractivity contribution in [2.24, 2.45) is 5.73 Å². The molecular weight excluding hydrogens is 206 g/mol. The largest absolute Gasteiger partial charge is 0.368 e. The maximum absolute atomic E-state index is 11.3. The van der Waals surface area contributed by atoms with Gasteiger partial charge in [-0.2, -0.15) is 0 Å². The van der Waals surface area contributed by atoms with Gasteiger partial charge < -0.3 is 10.6 Å². The van der Waals surface area contributed by atoms with Gasteiger partial charge in [0.15, 0.2) is 0 Å². The van der Waals surface area contributed by atoms with Crippen molar-refractivity contribution in [1.82, 2.24) is 14.9 Å². The first-order valence-electron chi connectivity index (χ1n) is 5.20. The minimum atomic E-state index is -0.303. The second kappa shape index (κ2) is 4.44. The molecule has 1 atom stereocenters. The second-order valence-electron chi connectivity index (χ2n) is 3.89. The van der Waals surface area contributed by atoms with E-state index in [1.807, 2.05) is 16.8 Å². The lowest BCUT2D eigenvalue weighted by molar-refractivity contribution is -0.122. The first-order chi connectivity index (χ1) is 7.68. The van der Waals surface area contributed by atoms with Gasteiger partial charge in [-0.05, 0) is 13.1 Å². The van der Waals surface area contributed by atoms with E-state index >= 15 is 0 Å². The molecule has 0 unspecified atom stereocenters. The highest BCUT2D eigenvalue weighted by molar-refractivity contribution is 5.80. The van der Waals surface area contributed by atoms with Crippen LogP contribution in [0.5, 0.6) is 0 Å². The van der Waals surface area contributed by atoms with Crippen molar-refractivity contribution in [2.75, 3.05) is 31.6 Å². The molecule has 1 aromatic heterocycles. The van der Waals surface area contributed by atoms with Gasteiger partial charge >= 0.3 is 0 Å². The number of nitrogens with two attached hydrogens (primary N) is 1. The van der Waals surface area contributed by atoms with Gasteiger partial charge in [0.25, 0.3) is 0 Å². The van der Waals surface area contributed by atoms with Crippen LogP contribution in [-0.2, 0) is 4.79 Å². The van der Waals surface area contributed by atoms with Crippen LogP contribution in [0.15, 0.2) is 18.5 Å². The monoisotopic (exact) mass is 221 g/mol. The summed E-state index contributed by atoms with van der Waals surface area (Å²) < 4.78 is 0. The van der Waals surface area contributed by atoms with E-state index in [-0.39, 0.29) is 11.9 Å². The third-order valence-electron chi connectivity index (χ3n) is 2.81. The summed E-state index contributed by atoms with van der Waals surface area (Å²) in [6, 6.07) is 1.50. The van der Waals surface area contributed by atoms with Crippen LogP contribution in [0.4, 0.5) is 5.95 Å². The molecule has 1 aliphatic rings. The minimum absolute atomic E-state index is 0.266. The molecule has 2 heterocycles. The molecule has 0 bridgehead atoms. The Morgan fingerprint density at radius 3 is 2.75 bits per heavy atom. The summed E-state index contributed by atoms with van der Waals surface area (Å²) in [4.78, 5) is 23.5. The fourth-order valence-electron chi connectivity index (χ4n) is 1.82. The maximum atomic E-state index is 11.3. The molecule has 1 saturated heterocycles. The van der Waals surface area contributed by atoms with E-state index in [4.69, 9.17) is 5.73 Å². The summed E-state index contributed by atoms with van der Waals surface area (Å²) in [5.74, 6) is 0.352. The van der Waals surface area contributed by atoms with Crippen LogP contribution < -0.4 is 10.6 Å². The summed E-state index contributed by atoms with van der Waals surface area (Å²) in [5.41, 5.74) is 5.35.